The number of hydrogen-bond donors (Lipinski definition) is 1. The Labute approximate surface area is 148 Å². The molecule has 6 heteroatoms. The largest absolute Gasteiger partial charge is 0.469 e. The Morgan fingerprint density at radius 3 is 2.76 bits per heavy atom. The number of rotatable bonds is 8. The van der Waals surface area contributed by atoms with Crippen molar-refractivity contribution in [2.24, 2.45) is 7.05 Å². The van der Waals surface area contributed by atoms with Gasteiger partial charge in [0.2, 0.25) is 0 Å². The molecule has 0 unspecified atom stereocenters. The number of nitrogens with zero attached hydrogens (tertiary/aromatic N) is 1. The third kappa shape index (κ3) is 5.24. The van der Waals surface area contributed by atoms with Crippen molar-refractivity contribution in [3.8, 4) is 5.75 Å². The van der Waals surface area contributed by atoms with Crippen LogP contribution >= 0.6 is 0 Å². The van der Waals surface area contributed by atoms with E-state index in [-0.39, 0.29) is 5.97 Å². The predicted molar refractivity (Wildman–Crippen MR) is 96.8 cm³/mol. The van der Waals surface area contributed by atoms with Gasteiger partial charge in [-0.2, -0.15) is 0 Å². The molecule has 2 rings (SSSR count). The van der Waals surface area contributed by atoms with Crippen LogP contribution in [0.15, 0.2) is 24.4 Å². The van der Waals surface area contributed by atoms with E-state index >= 15 is 0 Å². The molecule has 25 heavy (non-hydrogen) atoms. The number of hydrogen-bond acceptors (Lipinski definition) is 4. The summed E-state index contributed by atoms with van der Waals surface area (Å²) in [6, 6.07) is 5.53. The molecule has 1 heterocycles. The van der Waals surface area contributed by atoms with E-state index < -0.39 is 6.09 Å². The van der Waals surface area contributed by atoms with Crippen molar-refractivity contribution < 1.29 is 19.1 Å². The topological polar surface area (TPSA) is 69.6 Å². The van der Waals surface area contributed by atoms with Gasteiger partial charge in [-0.1, -0.05) is 19.8 Å². The van der Waals surface area contributed by atoms with Gasteiger partial charge in [-0.3, -0.25) is 4.79 Å². The van der Waals surface area contributed by atoms with Crippen LogP contribution in [0.1, 0.15) is 38.2 Å². The molecule has 1 aromatic heterocycles. The number of fused-ring (bicyclic) bond motifs is 1. The fourth-order valence-corrected chi connectivity index (χ4v) is 2.76. The van der Waals surface area contributed by atoms with Crippen LogP contribution in [0.5, 0.6) is 5.75 Å². The minimum Gasteiger partial charge on any atom is -0.469 e. The van der Waals surface area contributed by atoms with Crippen LogP contribution < -0.4 is 10.1 Å². The predicted octanol–water partition coefficient (Wildman–Crippen LogP) is 3.56. The second kappa shape index (κ2) is 9.11. The Balaban J connectivity index is 2.03. The molecule has 0 saturated heterocycles. The average molecular weight is 346 g/mol. The molecular weight excluding hydrogens is 320 g/mol. The SMILES string of the molecule is CCCCCNC(=O)Oc1ccc2c(CCC(=O)OC)cn(C)c2c1. The van der Waals surface area contributed by atoms with E-state index in [1.165, 1.54) is 7.11 Å². The summed E-state index contributed by atoms with van der Waals surface area (Å²) in [6.07, 6.45) is 5.66. The molecule has 0 radical (unpaired) electrons. The molecule has 0 bridgehead atoms. The molecule has 1 N–H and O–H groups in total. The average Bonchev–Trinajstić information content (AvgIpc) is 2.92. The molecule has 136 valence electrons. The molecule has 0 aliphatic carbocycles. The second-order valence-corrected chi connectivity index (χ2v) is 6.04. The maximum absolute atomic E-state index is 11.8. The third-order valence-corrected chi connectivity index (χ3v) is 4.13. The summed E-state index contributed by atoms with van der Waals surface area (Å²) >= 11 is 0. The van der Waals surface area contributed by atoms with E-state index in [1.54, 1.807) is 6.07 Å². The molecule has 1 aromatic carbocycles. The number of amides is 1. The lowest BCUT2D eigenvalue weighted by atomic mass is 10.1. The monoisotopic (exact) mass is 346 g/mol. The van der Waals surface area contributed by atoms with Crippen molar-refractivity contribution in [3.63, 3.8) is 0 Å². The summed E-state index contributed by atoms with van der Waals surface area (Å²) in [4.78, 5) is 23.2. The lowest BCUT2D eigenvalue weighted by molar-refractivity contribution is -0.140. The van der Waals surface area contributed by atoms with Gasteiger partial charge in [-0.15, -0.1) is 0 Å². The van der Waals surface area contributed by atoms with Gasteiger partial charge in [0, 0.05) is 37.7 Å². The van der Waals surface area contributed by atoms with Gasteiger partial charge in [-0.05, 0) is 30.5 Å². The summed E-state index contributed by atoms with van der Waals surface area (Å²) in [5, 5.41) is 3.80. The molecule has 0 aliphatic heterocycles. The molecule has 0 atom stereocenters. The number of aromatic nitrogens is 1. The number of unbranched alkanes of at least 4 members (excludes halogenated alkanes) is 2. The summed E-state index contributed by atoms with van der Waals surface area (Å²) < 4.78 is 12.0. The number of esters is 1. The molecule has 2 aromatic rings. The van der Waals surface area contributed by atoms with Crippen LogP contribution in [0.4, 0.5) is 4.79 Å². The molecular formula is C19H26N2O4. The van der Waals surface area contributed by atoms with Crippen LogP contribution in [-0.2, 0) is 23.0 Å². The highest BCUT2D eigenvalue weighted by Gasteiger charge is 2.11. The van der Waals surface area contributed by atoms with Crippen molar-refractivity contribution in [1.82, 2.24) is 9.88 Å². The van der Waals surface area contributed by atoms with Crippen LogP contribution in [0.25, 0.3) is 10.9 Å². The first-order valence-corrected chi connectivity index (χ1v) is 8.65. The zero-order valence-electron chi connectivity index (χ0n) is 15.1. The molecule has 0 aliphatic rings. The van der Waals surface area contributed by atoms with Crippen LogP contribution in [0.2, 0.25) is 0 Å². The second-order valence-electron chi connectivity index (χ2n) is 6.04. The minimum absolute atomic E-state index is 0.225. The minimum atomic E-state index is -0.435. The van der Waals surface area contributed by atoms with Gasteiger partial charge in [0.05, 0.1) is 12.6 Å². The Kier molecular flexibility index (Phi) is 6.86. The highest BCUT2D eigenvalue weighted by molar-refractivity contribution is 5.86. The maximum atomic E-state index is 11.8. The van der Waals surface area contributed by atoms with Gasteiger partial charge in [0.25, 0.3) is 0 Å². The van der Waals surface area contributed by atoms with Crippen molar-refractivity contribution in [3.05, 3.63) is 30.0 Å². The zero-order valence-corrected chi connectivity index (χ0v) is 15.1. The van der Waals surface area contributed by atoms with Crippen LogP contribution in [-0.4, -0.2) is 30.3 Å². The van der Waals surface area contributed by atoms with Crippen LogP contribution in [0.3, 0.4) is 0 Å². The summed E-state index contributed by atoms with van der Waals surface area (Å²) in [6.45, 7) is 2.74. The Morgan fingerprint density at radius 2 is 2.04 bits per heavy atom. The number of benzene rings is 1. The Bertz CT molecular complexity index is 736. The number of methoxy groups -OCH3 is 1. The van der Waals surface area contributed by atoms with E-state index in [2.05, 4.69) is 12.2 Å². The first-order valence-electron chi connectivity index (χ1n) is 8.65. The summed E-state index contributed by atoms with van der Waals surface area (Å²) in [5.74, 6) is 0.276. The molecule has 1 amide bonds. The maximum Gasteiger partial charge on any atom is 0.412 e. The Morgan fingerprint density at radius 1 is 1.24 bits per heavy atom. The summed E-state index contributed by atoms with van der Waals surface area (Å²) in [7, 11) is 3.32. The number of nitrogens with one attached hydrogen (secondary N) is 1. The lowest BCUT2D eigenvalue weighted by Gasteiger charge is -2.07. The Hall–Kier alpha value is -2.50. The van der Waals surface area contributed by atoms with E-state index in [4.69, 9.17) is 9.47 Å². The molecule has 0 saturated carbocycles. The highest BCUT2D eigenvalue weighted by atomic mass is 16.6. The van der Waals surface area contributed by atoms with E-state index in [1.807, 2.05) is 29.9 Å². The van der Waals surface area contributed by atoms with E-state index in [0.29, 0.717) is 25.1 Å². The standard InChI is InChI=1S/C19H26N2O4/c1-4-5-6-11-20-19(23)25-15-8-9-16-14(7-10-18(22)24-3)13-21(2)17(16)12-15/h8-9,12-13H,4-7,10-11H2,1-3H3,(H,20,23). The first-order chi connectivity index (χ1) is 12.0. The van der Waals surface area contributed by atoms with E-state index in [9.17, 15) is 9.59 Å². The number of carbonyl (C=O) groups is 2. The highest BCUT2D eigenvalue weighted by Crippen LogP contribution is 2.26. The quantitative estimate of drug-likeness (QED) is 0.586. The normalized spacial score (nSPS) is 10.7. The van der Waals surface area contributed by atoms with Crippen molar-refractivity contribution >= 4 is 23.0 Å². The fourth-order valence-electron chi connectivity index (χ4n) is 2.76. The van der Waals surface area contributed by atoms with Gasteiger partial charge in [-0.25, -0.2) is 4.79 Å². The van der Waals surface area contributed by atoms with Crippen molar-refractivity contribution in [2.75, 3.05) is 13.7 Å². The van der Waals surface area contributed by atoms with Gasteiger partial charge >= 0.3 is 12.1 Å². The van der Waals surface area contributed by atoms with Crippen molar-refractivity contribution in [2.45, 2.75) is 39.0 Å². The number of ether oxygens (including phenoxy) is 2. The van der Waals surface area contributed by atoms with Gasteiger partial charge in [0.15, 0.2) is 0 Å². The number of aryl methyl sites for hydroxylation is 2. The van der Waals surface area contributed by atoms with Crippen molar-refractivity contribution in [1.29, 1.82) is 0 Å². The lowest BCUT2D eigenvalue weighted by Crippen LogP contribution is -2.27. The molecule has 6 nitrogen and oxygen atoms in total. The van der Waals surface area contributed by atoms with E-state index in [0.717, 1.165) is 35.7 Å². The summed E-state index contributed by atoms with van der Waals surface area (Å²) in [5.41, 5.74) is 2.02. The molecule has 0 fully saturated rings. The van der Waals surface area contributed by atoms with Gasteiger partial charge < -0.3 is 19.4 Å². The van der Waals surface area contributed by atoms with Gasteiger partial charge in [0.1, 0.15) is 5.75 Å². The zero-order chi connectivity index (χ0) is 18.2. The first kappa shape index (κ1) is 18.8. The fraction of sp³-hybridized carbons (Fsp3) is 0.474. The number of carbonyl (C=O) groups excluding carboxylic acids is 2. The third-order valence-electron chi connectivity index (χ3n) is 4.13. The van der Waals surface area contributed by atoms with Crippen LogP contribution in [0, 0.1) is 0 Å². The molecule has 0 spiro atoms. The smallest absolute Gasteiger partial charge is 0.412 e.